The summed E-state index contributed by atoms with van der Waals surface area (Å²) in [4.78, 5) is 35.6. The molecule has 0 aromatic heterocycles. The molecule has 1 aromatic rings. The maximum absolute atomic E-state index is 12.3. The minimum absolute atomic E-state index is 0.162. The molecule has 8 nitrogen and oxygen atoms in total. The van der Waals surface area contributed by atoms with Crippen LogP contribution in [0.5, 0.6) is 0 Å². The minimum Gasteiger partial charge on any atom is -0.318 e. The number of Topliss-reactive ketones (excluding diaryl/α,β-unsaturated/α-hetero) is 1. The molecule has 1 saturated heterocycles. The third kappa shape index (κ3) is 1.75. The summed E-state index contributed by atoms with van der Waals surface area (Å²) in [7, 11) is -5.25. The molecule has 0 saturated carbocycles. The van der Waals surface area contributed by atoms with Crippen molar-refractivity contribution in [2.75, 3.05) is 0 Å². The van der Waals surface area contributed by atoms with Crippen molar-refractivity contribution in [2.24, 2.45) is 5.73 Å². The molecule has 9 heteroatoms. The number of carbonyl (C=O) groups is 3. The second-order valence-electron chi connectivity index (χ2n) is 4.20. The predicted octanol–water partition coefficient (Wildman–Crippen LogP) is -1.52. The zero-order valence-electron chi connectivity index (χ0n) is 9.94. The van der Waals surface area contributed by atoms with E-state index in [0.29, 0.717) is 0 Å². The van der Waals surface area contributed by atoms with Crippen LogP contribution < -0.4 is 11.1 Å². The first-order valence-electron chi connectivity index (χ1n) is 5.40. The number of imide groups is 1. The second-order valence-corrected chi connectivity index (χ2v) is 5.80. The molecule has 1 aliphatic rings. The van der Waals surface area contributed by atoms with Crippen LogP contribution in [0.15, 0.2) is 30.3 Å². The van der Waals surface area contributed by atoms with Gasteiger partial charge >= 0.3 is 0 Å². The molecule has 1 aromatic carbocycles. The summed E-state index contributed by atoms with van der Waals surface area (Å²) in [5, 5.41) is 1.65. The van der Waals surface area contributed by atoms with Crippen LogP contribution in [-0.4, -0.2) is 41.4 Å². The number of carbonyl (C=O) groups excluding carboxylic acids is 3. The van der Waals surface area contributed by atoms with Gasteiger partial charge in [0.05, 0.1) is 0 Å². The maximum Gasteiger partial charge on any atom is 0.289 e. The zero-order chi connectivity index (χ0) is 15.1. The predicted molar refractivity (Wildman–Crippen MR) is 66.2 cm³/mol. The lowest BCUT2D eigenvalue weighted by Gasteiger charge is -2.24. The van der Waals surface area contributed by atoms with Gasteiger partial charge in [0.25, 0.3) is 20.8 Å². The fraction of sp³-hybridized carbons (Fsp3) is 0.182. The Morgan fingerprint density at radius 2 is 1.80 bits per heavy atom. The van der Waals surface area contributed by atoms with Crippen LogP contribution in [0.4, 0.5) is 0 Å². The first-order valence-corrected chi connectivity index (χ1v) is 6.84. The van der Waals surface area contributed by atoms with Crippen LogP contribution in [-0.2, 0) is 19.7 Å². The topological polar surface area (TPSA) is 144 Å². The Hall–Kier alpha value is -2.10. The van der Waals surface area contributed by atoms with E-state index in [-0.39, 0.29) is 5.56 Å². The molecule has 20 heavy (non-hydrogen) atoms. The van der Waals surface area contributed by atoms with Crippen molar-refractivity contribution in [1.29, 1.82) is 0 Å². The molecule has 1 fully saturated rings. The van der Waals surface area contributed by atoms with Crippen LogP contribution >= 0.6 is 0 Å². The highest BCUT2D eigenvalue weighted by atomic mass is 32.2. The van der Waals surface area contributed by atoms with E-state index >= 15 is 0 Å². The smallest absolute Gasteiger partial charge is 0.289 e. The lowest BCUT2D eigenvalue weighted by atomic mass is 9.92. The summed E-state index contributed by atoms with van der Waals surface area (Å²) < 4.78 is 29.4. The lowest BCUT2D eigenvalue weighted by Crippen LogP contribution is -2.61. The van der Waals surface area contributed by atoms with E-state index in [2.05, 4.69) is 0 Å². The van der Waals surface area contributed by atoms with Crippen molar-refractivity contribution in [3.8, 4) is 0 Å². The van der Waals surface area contributed by atoms with Gasteiger partial charge in [-0.25, -0.2) is 0 Å². The summed E-state index contributed by atoms with van der Waals surface area (Å²) in [5.74, 6) is -3.85. The van der Waals surface area contributed by atoms with E-state index in [1.165, 1.54) is 24.3 Å². The van der Waals surface area contributed by atoms with Crippen molar-refractivity contribution in [3.05, 3.63) is 35.9 Å². The molecule has 0 spiro atoms. The van der Waals surface area contributed by atoms with Crippen molar-refractivity contribution >= 4 is 27.7 Å². The lowest BCUT2D eigenvalue weighted by molar-refractivity contribution is -0.125. The van der Waals surface area contributed by atoms with E-state index < -0.39 is 38.5 Å². The average molecular weight is 298 g/mol. The fourth-order valence-electron chi connectivity index (χ4n) is 2.05. The monoisotopic (exact) mass is 298 g/mol. The standard InChI is InChI=1S/C11H10N2O6S/c12-7-9(15)13-10(16)11(7,20(17,18)19)8(14)6-4-2-1-3-5-6/h1-5,7H,12H2,(H,13,15,16)(H,17,18,19). The van der Waals surface area contributed by atoms with Gasteiger partial charge in [-0.1, -0.05) is 30.3 Å². The highest BCUT2D eigenvalue weighted by Crippen LogP contribution is 2.30. The number of nitrogens with one attached hydrogen (secondary N) is 1. The van der Waals surface area contributed by atoms with Gasteiger partial charge in [-0.15, -0.1) is 0 Å². The molecule has 2 amide bonds. The molecule has 1 heterocycles. The SMILES string of the molecule is NC1C(=O)NC(=O)C1(C(=O)c1ccccc1)S(=O)(=O)O. The molecule has 2 unspecified atom stereocenters. The second kappa shape index (κ2) is 4.47. The van der Waals surface area contributed by atoms with Crippen molar-refractivity contribution < 1.29 is 27.4 Å². The van der Waals surface area contributed by atoms with Crippen LogP contribution in [0, 0.1) is 0 Å². The maximum atomic E-state index is 12.3. The molecule has 1 aliphatic heterocycles. The van der Waals surface area contributed by atoms with E-state index in [9.17, 15) is 27.4 Å². The van der Waals surface area contributed by atoms with Crippen molar-refractivity contribution in [2.45, 2.75) is 10.8 Å². The number of rotatable bonds is 3. The molecule has 2 atom stereocenters. The van der Waals surface area contributed by atoms with Crippen molar-refractivity contribution in [3.63, 3.8) is 0 Å². The van der Waals surface area contributed by atoms with Crippen LogP contribution in [0.2, 0.25) is 0 Å². The number of amides is 2. The van der Waals surface area contributed by atoms with Gasteiger partial charge in [-0.05, 0) is 0 Å². The first kappa shape index (κ1) is 14.3. The number of hydrogen-bond acceptors (Lipinski definition) is 6. The van der Waals surface area contributed by atoms with Crippen LogP contribution in [0.3, 0.4) is 0 Å². The zero-order valence-corrected chi connectivity index (χ0v) is 10.8. The highest BCUT2D eigenvalue weighted by Gasteiger charge is 2.67. The number of nitrogens with two attached hydrogens (primary N) is 1. The highest BCUT2D eigenvalue weighted by molar-refractivity contribution is 7.89. The Balaban J connectivity index is 2.71. The summed E-state index contributed by atoms with van der Waals surface area (Å²) in [6.07, 6.45) is 0. The summed E-state index contributed by atoms with van der Waals surface area (Å²) >= 11 is 0. The van der Waals surface area contributed by atoms with E-state index in [1.807, 2.05) is 0 Å². The molecule has 2 rings (SSSR count). The Morgan fingerprint density at radius 1 is 1.25 bits per heavy atom. The van der Waals surface area contributed by atoms with Gasteiger partial charge < -0.3 is 5.73 Å². The van der Waals surface area contributed by atoms with Gasteiger partial charge in [-0.2, -0.15) is 8.42 Å². The number of ketones is 1. The molecular formula is C11H10N2O6S. The van der Waals surface area contributed by atoms with Crippen LogP contribution in [0.1, 0.15) is 10.4 Å². The fourth-order valence-corrected chi connectivity index (χ4v) is 3.12. The normalized spacial score (nSPS) is 26.4. The van der Waals surface area contributed by atoms with Gasteiger partial charge in [0, 0.05) is 5.56 Å². The summed E-state index contributed by atoms with van der Waals surface area (Å²) in [5.41, 5.74) is 5.22. The van der Waals surface area contributed by atoms with Crippen LogP contribution in [0.25, 0.3) is 0 Å². The third-order valence-corrected chi connectivity index (χ3v) is 4.51. The molecule has 0 aliphatic carbocycles. The quantitative estimate of drug-likeness (QED) is 0.266. The summed E-state index contributed by atoms with van der Waals surface area (Å²) in [6.45, 7) is 0. The van der Waals surface area contributed by atoms with Gasteiger partial charge in [0.2, 0.25) is 5.91 Å². The Bertz CT molecular complexity index is 699. The molecule has 0 radical (unpaired) electrons. The Morgan fingerprint density at radius 3 is 2.20 bits per heavy atom. The molecule has 4 N–H and O–H groups in total. The molecular weight excluding hydrogens is 288 g/mol. The van der Waals surface area contributed by atoms with E-state index in [0.717, 1.165) is 0 Å². The third-order valence-electron chi connectivity index (χ3n) is 3.07. The van der Waals surface area contributed by atoms with Gasteiger partial charge in [0.1, 0.15) is 6.04 Å². The minimum atomic E-state index is -5.25. The van der Waals surface area contributed by atoms with Crippen molar-refractivity contribution in [1.82, 2.24) is 5.32 Å². The molecule has 0 bridgehead atoms. The Kier molecular flexibility index (Phi) is 3.20. The Labute approximate surface area is 113 Å². The largest absolute Gasteiger partial charge is 0.318 e. The van der Waals surface area contributed by atoms with E-state index in [1.54, 1.807) is 11.4 Å². The van der Waals surface area contributed by atoms with Gasteiger partial charge in [0.15, 0.2) is 5.78 Å². The average Bonchev–Trinajstić information content (AvgIpc) is 2.60. The first-order chi connectivity index (χ1) is 9.23. The van der Waals surface area contributed by atoms with Gasteiger partial charge in [-0.3, -0.25) is 24.3 Å². The molecule has 106 valence electrons. The number of hydrogen-bond donors (Lipinski definition) is 3. The van der Waals surface area contributed by atoms with E-state index in [4.69, 9.17) is 5.73 Å². The number of benzene rings is 1. The summed E-state index contributed by atoms with van der Waals surface area (Å²) in [6, 6.07) is 4.92.